The van der Waals surface area contributed by atoms with Gasteiger partial charge in [-0.15, -0.1) is 0 Å². The summed E-state index contributed by atoms with van der Waals surface area (Å²) in [4.78, 5) is 0. The van der Waals surface area contributed by atoms with Crippen LogP contribution in [0.25, 0.3) is 0 Å². The van der Waals surface area contributed by atoms with Gasteiger partial charge in [0.2, 0.25) is 0 Å². The predicted molar refractivity (Wildman–Crippen MR) is 123 cm³/mol. The van der Waals surface area contributed by atoms with Crippen LogP contribution in [0.1, 0.15) is 114 Å². The highest BCUT2D eigenvalue weighted by Crippen LogP contribution is 2.33. The molecule has 0 heterocycles. The minimum atomic E-state index is -2.21. The lowest BCUT2D eigenvalue weighted by Gasteiger charge is -2.39. The van der Waals surface area contributed by atoms with Gasteiger partial charge in [-0.1, -0.05) is 73.1 Å². The number of hydrogen-bond donors (Lipinski definition) is 0. The fourth-order valence-corrected chi connectivity index (χ4v) is 11.6. The second-order valence-electron chi connectivity index (χ2n) is 9.36. The molecular weight excluding hydrogens is 367 g/mol. The topological polar surface area (TPSA) is 27.7 Å². The summed E-state index contributed by atoms with van der Waals surface area (Å²) in [5.74, 6) is 0. The third-order valence-electron chi connectivity index (χ3n) is 5.84. The van der Waals surface area contributed by atoms with Crippen LogP contribution in [0.15, 0.2) is 0 Å². The predicted octanol–water partition coefficient (Wildman–Crippen LogP) is 7.74. The summed E-state index contributed by atoms with van der Waals surface area (Å²) in [5.41, 5.74) is -0.359. The van der Waals surface area contributed by atoms with Crippen LogP contribution in [-0.2, 0) is 11.1 Å². The molecule has 0 radical (unpaired) electrons. The van der Waals surface area contributed by atoms with E-state index in [9.17, 15) is 0 Å². The van der Waals surface area contributed by atoms with E-state index in [1.54, 1.807) is 0 Å². The lowest BCUT2D eigenvalue weighted by Crippen LogP contribution is -2.51. The first-order valence-corrected chi connectivity index (χ1v) is 15.6. The van der Waals surface area contributed by atoms with Crippen molar-refractivity contribution in [1.82, 2.24) is 0 Å². The Labute approximate surface area is 177 Å². The van der Waals surface area contributed by atoms with Gasteiger partial charge >= 0.3 is 15.1 Å². The molecule has 0 fully saturated rings. The average Bonchev–Trinajstić information content (AvgIpc) is 2.62. The highest BCUT2D eigenvalue weighted by Gasteiger charge is 2.47. The molecule has 0 saturated heterocycles. The van der Waals surface area contributed by atoms with E-state index >= 15 is 0 Å². The standard InChI is InChI=1S/C12H27OSi.2C5H11O.Al/c1-4-7-10-14(13,11-8-5-2)12-9-6-3;2*1-4-5(2,3)6;/h4-12H2,1-3H3;2*4H2,1-3H3;/q3*-1;+3. The van der Waals surface area contributed by atoms with Gasteiger partial charge in [0.15, 0.2) is 8.32 Å². The molecule has 0 amide bonds. The zero-order valence-electron chi connectivity index (χ0n) is 20.1. The SMILES string of the molecule is CCCC[Si](CCCC)(CCCC)[O][Al]([O]C(C)(C)CC)[O]C(C)(C)CC. The van der Waals surface area contributed by atoms with Crippen molar-refractivity contribution in [1.29, 1.82) is 0 Å². The Bertz CT molecular complexity index is 335. The van der Waals surface area contributed by atoms with Crippen LogP contribution < -0.4 is 0 Å². The molecule has 0 saturated carbocycles. The maximum absolute atomic E-state index is 7.05. The van der Waals surface area contributed by atoms with Gasteiger partial charge in [-0.3, -0.25) is 0 Å². The first-order valence-electron chi connectivity index (χ1n) is 11.6. The van der Waals surface area contributed by atoms with Gasteiger partial charge in [-0.2, -0.15) is 0 Å². The Balaban J connectivity index is 5.59. The molecule has 0 atom stereocenters. The summed E-state index contributed by atoms with van der Waals surface area (Å²) in [6.45, 7) is 19.9. The highest BCUT2D eigenvalue weighted by atomic mass is 28.4. The van der Waals surface area contributed by atoms with Gasteiger partial charge in [0, 0.05) is 11.2 Å². The van der Waals surface area contributed by atoms with E-state index in [1.165, 1.54) is 56.7 Å². The van der Waals surface area contributed by atoms with E-state index in [2.05, 4.69) is 62.3 Å². The minimum absolute atomic E-state index is 0.179. The molecule has 0 spiro atoms. The van der Waals surface area contributed by atoms with E-state index in [4.69, 9.17) is 11.1 Å². The second-order valence-corrected chi connectivity index (χ2v) is 15.2. The van der Waals surface area contributed by atoms with Gasteiger partial charge in [0.25, 0.3) is 0 Å². The highest BCUT2D eigenvalue weighted by molar-refractivity contribution is 6.78. The van der Waals surface area contributed by atoms with Gasteiger partial charge in [-0.25, -0.2) is 0 Å². The molecule has 0 unspecified atom stereocenters. The van der Waals surface area contributed by atoms with Crippen molar-refractivity contribution in [2.75, 3.05) is 0 Å². The smallest absolute Gasteiger partial charge is 0.498 e. The van der Waals surface area contributed by atoms with E-state index in [1.807, 2.05) is 0 Å². The number of hydrogen-bond acceptors (Lipinski definition) is 3. The first kappa shape index (κ1) is 27.6. The van der Waals surface area contributed by atoms with Crippen LogP contribution in [0, 0.1) is 0 Å². The van der Waals surface area contributed by atoms with Gasteiger partial charge in [0.05, 0.1) is 0 Å². The van der Waals surface area contributed by atoms with Crippen molar-refractivity contribution in [2.45, 2.75) is 143 Å². The molecule has 162 valence electrons. The lowest BCUT2D eigenvalue weighted by atomic mass is 10.1. The average molecular weight is 417 g/mol. The van der Waals surface area contributed by atoms with Crippen LogP contribution >= 0.6 is 0 Å². The normalized spacial score (nSPS) is 13.2. The molecule has 0 N–H and O–H groups in total. The largest absolute Gasteiger partial charge is 0.895 e. The van der Waals surface area contributed by atoms with E-state index in [0.29, 0.717) is 0 Å². The van der Waals surface area contributed by atoms with Gasteiger partial charge in [-0.05, 0) is 58.7 Å². The third kappa shape index (κ3) is 12.0. The summed E-state index contributed by atoms with van der Waals surface area (Å²) < 4.78 is 20.2. The third-order valence-corrected chi connectivity index (χ3v) is 14.1. The molecule has 0 aliphatic heterocycles. The van der Waals surface area contributed by atoms with E-state index in [-0.39, 0.29) is 11.2 Å². The van der Waals surface area contributed by atoms with Crippen molar-refractivity contribution in [3.05, 3.63) is 0 Å². The molecule has 0 aromatic carbocycles. The van der Waals surface area contributed by atoms with Crippen LogP contribution in [0.4, 0.5) is 0 Å². The summed E-state index contributed by atoms with van der Waals surface area (Å²) in [7, 11) is -1.83. The Morgan fingerprint density at radius 2 is 0.963 bits per heavy atom. The fourth-order valence-electron chi connectivity index (χ4n) is 3.01. The van der Waals surface area contributed by atoms with E-state index < -0.39 is 23.5 Å². The summed E-state index contributed by atoms with van der Waals surface area (Å²) in [6.07, 6.45) is 9.49. The molecule has 0 aliphatic carbocycles. The molecule has 0 aliphatic rings. The van der Waals surface area contributed by atoms with E-state index in [0.717, 1.165) is 12.8 Å². The lowest BCUT2D eigenvalue weighted by molar-refractivity contribution is -0.0171. The van der Waals surface area contributed by atoms with Crippen LogP contribution in [0.2, 0.25) is 18.1 Å². The maximum Gasteiger partial charge on any atom is 0.895 e. The molecule has 5 heteroatoms. The zero-order chi connectivity index (χ0) is 21.0. The van der Waals surface area contributed by atoms with Crippen molar-refractivity contribution in [3.8, 4) is 0 Å². The Morgan fingerprint density at radius 1 is 0.630 bits per heavy atom. The molecule has 0 bridgehead atoms. The summed E-state index contributed by atoms with van der Waals surface area (Å²) in [5, 5.41) is 0. The Hall–Kier alpha value is 0.629. The maximum atomic E-state index is 7.05. The monoisotopic (exact) mass is 416 g/mol. The number of unbranched alkanes of at least 4 members (excludes halogenated alkanes) is 3. The molecule has 3 nitrogen and oxygen atoms in total. The van der Waals surface area contributed by atoms with Crippen LogP contribution in [0.3, 0.4) is 0 Å². The molecule has 27 heavy (non-hydrogen) atoms. The molecule has 0 aromatic heterocycles. The van der Waals surface area contributed by atoms with Crippen molar-refractivity contribution >= 4 is 23.5 Å². The molecule has 0 rings (SSSR count). The number of rotatable bonds is 17. The van der Waals surface area contributed by atoms with Crippen LogP contribution in [-0.4, -0.2) is 34.7 Å². The van der Waals surface area contributed by atoms with Crippen LogP contribution in [0.5, 0.6) is 0 Å². The zero-order valence-corrected chi connectivity index (χ0v) is 22.2. The Kier molecular flexibility index (Phi) is 14.1. The van der Waals surface area contributed by atoms with Crippen molar-refractivity contribution < 1.29 is 11.1 Å². The van der Waals surface area contributed by atoms with Gasteiger partial charge < -0.3 is 11.1 Å². The molecule has 0 aromatic rings. The second kappa shape index (κ2) is 13.8. The summed E-state index contributed by atoms with van der Waals surface area (Å²) >= 11 is -2.21. The van der Waals surface area contributed by atoms with Gasteiger partial charge in [0.1, 0.15) is 0 Å². The quantitative estimate of drug-likeness (QED) is 0.227. The fraction of sp³-hybridized carbons (Fsp3) is 1.00. The summed E-state index contributed by atoms with van der Waals surface area (Å²) in [6, 6.07) is 3.79. The Morgan fingerprint density at radius 3 is 1.22 bits per heavy atom. The van der Waals surface area contributed by atoms with Crippen molar-refractivity contribution in [3.63, 3.8) is 0 Å². The minimum Gasteiger partial charge on any atom is -0.498 e. The van der Waals surface area contributed by atoms with Crippen molar-refractivity contribution in [2.24, 2.45) is 0 Å². The molecular formula is C22H49AlO3Si. The first-order chi connectivity index (χ1) is 12.6.